The molecule has 0 radical (unpaired) electrons. The van der Waals surface area contributed by atoms with Crippen molar-refractivity contribution in [3.63, 3.8) is 0 Å². The van der Waals surface area contributed by atoms with Crippen molar-refractivity contribution in [1.29, 1.82) is 0 Å². The second kappa shape index (κ2) is 9.34. The zero-order valence-corrected chi connectivity index (χ0v) is 18.0. The van der Waals surface area contributed by atoms with Crippen LogP contribution in [0.4, 0.5) is 5.69 Å². The third-order valence-electron chi connectivity index (χ3n) is 4.23. The molecule has 5 nitrogen and oxygen atoms in total. The van der Waals surface area contributed by atoms with E-state index < -0.39 is 0 Å². The van der Waals surface area contributed by atoms with E-state index in [2.05, 4.69) is 10.4 Å². The number of thiophene rings is 1. The van der Waals surface area contributed by atoms with Gasteiger partial charge in [-0.15, -0.1) is 11.3 Å². The van der Waals surface area contributed by atoms with Crippen molar-refractivity contribution in [2.75, 3.05) is 5.32 Å². The fourth-order valence-corrected chi connectivity index (χ4v) is 3.89. The molecule has 0 saturated heterocycles. The van der Waals surface area contributed by atoms with E-state index in [1.54, 1.807) is 29.2 Å². The Labute approximate surface area is 187 Å². The standard InChI is InChI=1S/C22H17Cl2N3O2S/c23-17-4-6-20(7-5-17)29-13-16-9-21(30-14-16)22(28)26-19-3-1-2-15(8-19)11-27-12-18(24)10-25-27/h1-10,12,14H,11,13H2,(H,26,28). The van der Waals surface area contributed by atoms with Gasteiger partial charge in [-0.1, -0.05) is 35.3 Å². The molecule has 0 spiro atoms. The molecule has 8 heteroatoms. The zero-order valence-electron chi connectivity index (χ0n) is 15.7. The van der Waals surface area contributed by atoms with Crippen LogP contribution in [0.5, 0.6) is 5.75 Å². The van der Waals surface area contributed by atoms with E-state index in [9.17, 15) is 4.79 Å². The zero-order chi connectivity index (χ0) is 20.9. The first-order valence-electron chi connectivity index (χ1n) is 9.09. The van der Waals surface area contributed by atoms with E-state index in [0.29, 0.717) is 28.1 Å². The van der Waals surface area contributed by atoms with Gasteiger partial charge in [0.1, 0.15) is 12.4 Å². The molecule has 0 aliphatic carbocycles. The molecule has 4 aromatic rings. The Bertz CT molecular complexity index is 1160. The summed E-state index contributed by atoms with van der Waals surface area (Å²) < 4.78 is 7.48. The number of anilines is 1. The first kappa shape index (κ1) is 20.5. The second-order valence-electron chi connectivity index (χ2n) is 6.57. The van der Waals surface area contributed by atoms with Crippen LogP contribution in [-0.4, -0.2) is 15.7 Å². The molecule has 0 unspecified atom stereocenters. The van der Waals surface area contributed by atoms with E-state index in [-0.39, 0.29) is 5.91 Å². The van der Waals surface area contributed by atoms with Gasteiger partial charge in [-0.25, -0.2) is 0 Å². The number of benzene rings is 2. The van der Waals surface area contributed by atoms with Gasteiger partial charge in [0.25, 0.3) is 5.91 Å². The minimum absolute atomic E-state index is 0.156. The van der Waals surface area contributed by atoms with E-state index in [0.717, 1.165) is 22.6 Å². The predicted molar refractivity (Wildman–Crippen MR) is 121 cm³/mol. The normalized spacial score (nSPS) is 10.7. The number of nitrogens with zero attached hydrogens (tertiary/aromatic N) is 2. The maximum absolute atomic E-state index is 12.6. The van der Waals surface area contributed by atoms with Crippen molar-refractivity contribution in [2.45, 2.75) is 13.2 Å². The monoisotopic (exact) mass is 457 g/mol. The Hall–Kier alpha value is -2.80. The average Bonchev–Trinajstić information content (AvgIpc) is 3.37. The van der Waals surface area contributed by atoms with Crippen molar-refractivity contribution in [3.8, 4) is 5.75 Å². The summed E-state index contributed by atoms with van der Waals surface area (Å²) in [7, 11) is 0. The molecule has 0 bridgehead atoms. The average molecular weight is 458 g/mol. The fraction of sp³-hybridized carbons (Fsp3) is 0.0909. The van der Waals surface area contributed by atoms with Crippen molar-refractivity contribution in [1.82, 2.24) is 9.78 Å². The van der Waals surface area contributed by atoms with Gasteiger partial charge in [0.15, 0.2) is 0 Å². The largest absolute Gasteiger partial charge is 0.489 e. The lowest BCUT2D eigenvalue weighted by molar-refractivity contribution is 0.103. The van der Waals surface area contributed by atoms with E-state index >= 15 is 0 Å². The molecule has 1 N–H and O–H groups in total. The van der Waals surface area contributed by atoms with E-state index in [4.69, 9.17) is 27.9 Å². The summed E-state index contributed by atoms with van der Waals surface area (Å²) in [5.74, 6) is 0.573. The third kappa shape index (κ3) is 5.42. The van der Waals surface area contributed by atoms with Crippen molar-refractivity contribution >= 4 is 46.1 Å². The quantitative estimate of drug-likeness (QED) is 0.363. The predicted octanol–water partition coefficient (Wildman–Crippen LogP) is 6.13. The van der Waals surface area contributed by atoms with Crippen LogP contribution in [0.1, 0.15) is 20.8 Å². The number of hydrogen-bond acceptors (Lipinski definition) is 4. The van der Waals surface area contributed by atoms with Crippen LogP contribution in [0.3, 0.4) is 0 Å². The summed E-state index contributed by atoms with van der Waals surface area (Å²) in [6, 6.07) is 16.7. The Morgan fingerprint density at radius 1 is 1.07 bits per heavy atom. The molecule has 0 saturated carbocycles. The molecular formula is C22H17Cl2N3O2S. The summed E-state index contributed by atoms with van der Waals surface area (Å²) in [5.41, 5.74) is 2.67. The van der Waals surface area contributed by atoms with Crippen LogP contribution < -0.4 is 10.1 Å². The molecule has 2 heterocycles. The minimum atomic E-state index is -0.156. The topological polar surface area (TPSA) is 56.2 Å². The van der Waals surface area contributed by atoms with Gasteiger partial charge >= 0.3 is 0 Å². The van der Waals surface area contributed by atoms with Crippen molar-refractivity contribution < 1.29 is 9.53 Å². The maximum Gasteiger partial charge on any atom is 0.265 e. The minimum Gasteiger partial charge on any atom is -0.489 e. The third-order valence-corrected chi connectivity index (χ3v) is 5.65. The van der Waals surface area contributed by atoms with Gasteiger partial charge in [-0.2, -0.15) is 5.10 Å². The summed E-state index contributed by atoms with van der Waals surface area (Å²) >= 11 is 13.2. The Kier molecular flexibility index (Phi) is 6.38. The molecule has 0 aliphatic rings. The Morgan fingerprint density at radius 2 is 1.90 bits per heavy atom. The number of halogens is 2. The number of carbonyl (C=O) groups is 1. The molecule has 1 amide bonds. The summed E-state index contributed by atoms with van der Waals surface area (Å²) in [4.78, 5) is 13.2. The highest BCUT2D eigenvalue weighted by atomic mass is 35.5. The van der Waals surface area contributed by atoms with Gasteiger partial charge in [0.2, 0.25) is 0 Å². The van der Waals surface area contributed by atoms with Gasteiger partial charge in [0.05, 0.1) is 22.6 Å². The van der Waals surface area contributed by atoms with Gasteiger partial charge < -0.3 is 10.1 Å². The molecule has 2 aromatic carbocycles. The molecule has 152 valence electrons. The Morgan fingerprint density at radius 3 is 2.67 bits per heavy atom. The summed E-state index contributed by atoms with van der Waals surface area (Å²) in [6.45, 7) is 0.953. The smallest absolute Gasteiger partial charge is 0.265 e. The number of carbonyl (C=O) groups excluding carboxylic acids is 1. The lowest BCUT2D eigenvalue weighted by Crippen LogP contribution is -2.10. The first-order chi connectivity index (χ1) is 14.5. The summed E-state index contributed by atoms with van der Waals surface area (Å²) in [6.07, 6.45) is 3.35. The van der Waals surface area contributed by atoms with Crippen LogP contribution in [0, 0.1) is 0 Å². The van der Waals surface area contributed by atoms with Crippen LogP contribution in [0.25, 0.3) is 0 Å². The molecular weight excluding hydrogens is 441 g/mol. The number of amides is 1. The Balaban J connectivity index is 1.36. The van der Waals surface area contributed by atoms with E-state index in [1.807, 2.05) is 47.8 Å². The fourth-order valence-electron chi connectivity index (χ4n) is 2.82. The van der Waals surface area contributed by atoms with Crippen molar-refractivity contribution in [2.24, 2.45) is 0 Å². The highest BCUT2D eigenvalue weighted by Gasteiger charge is 2.11. The van der Waals surface area contributed by atoms with Gasteiger partial charge in [-0.05, 0) is 53.4 Å². The molecule has 30 heavy (non-hydrogen) atoms. The number of aromatic nitrogens is 2. The second-order valence-corrected chi connectivity index (χ2v) is 8.36. The number of nitrogens with one attached hydrogen (secondary N) is 1. The van der Waals surface area contributed by atoms with E-state index in [1.165, 1.54) is 11.3 Å². The molecule has 0 aliphatic heterocycles. The number of rotatable bonds is 7. The molecule has 4 rings (SSSR count). The van der Waals surface area contributed by atoms with Gasteiger partial charge in [-0.3, -0.25) is 9.48 Å². The van der Waals surface area contributed by atoms with Crippen molar-refractivity contribution in [3.05, 3.63) is 98.4 Å². The number of ether oxygens (including phenoxy) is 1. The van der Waals surface area contributed by atoms with Crippen LogP contribution >= 0.6 is 34.5 Å². The maximum atomic E-state index is 12.6. The van der Waals surface area contributed by atoms with Gasteiger partial charge in [0, 0.05) is 22.5 Å². The lowest BCUT2D eigenvalue weighted by atomic mass is 10.2. The van der Waals surface area contributed by atoms with Crippen LogP contribution in [0.15, 0.2) is 72.4 Å². The molecule has 0 atom stereocenters. The first-order valence-corrected chi connectivity index (χ1v) is 10.7. The molecule has 0 fully saturated rings. The SMILES string of the molecule is O=C(Nc1cccc(Cn2cc(Cl)cn2)c1)c1cc(COc2ccc(Cl)cc2)cs1. The van der Waals surface area contributed by atoms with Crippen LogP contribution in [-0.2, 0) is 13.2 Å². The highest BCUT2D eigenvalue weighted by molar-refractivity contribution is 7.12. The summed E-state index contributed by atoms with van der Waals surface area (Å²) in [5, 5.41) is 10.3. The highest BCUT2D eigenvalue weighted by Crippen LogP contribution is 2.21. The lowest BCUT2D eigenvalue weighted by Gasteiger charge is -2.07. The van der Waals surface area contributed by atoms with Crippen LogP contribution in [0.2, 0.25) is 10.0 Å². The molecule has 2 aromatic heterocycles. The number of hydrogen-bond donors (Lipinski definition) is 1.